The average Bonchev–Trinajstić information content (AvgIpc) is 3.00. The first-order valence-corrected chi connectivity index (χ1v) is 8.31. The molecular formula is C18H14N2O5S. The number of rotatable bonds is 4. The number of pyridine rings is 1. The Kier molecular flexibility index (Phi) is 4.35. The predicted molar refractivity (Wildman–Crippen MR) is 98.9 cm³/mol. The maximum absolute atomic E-state index is 12.1. The molecule has 0 bridgehead atoms. The van der Waals surface area contributed by atoms with E-state index in [1.54, 1.807) is 29.5 Å². The van der Waals surface area contributed by atoms with Crippen LogP contribution in [0.1, 0.15) is 25.6 Å². The van der Waals surface area contributed by atoms with Crippen LogP contribution in [0.15, 0.2) is 41.2 Å². The maximum Gasteiger partial charge on any atom is 0.342 e. The van der Waals surface area contributed by atoms with E-state index in [-0.39, 0.29) is 11.4 Å². The molecule has 7 nitrogen and oxygen atoms in total. The van der Waals surface area contributed by atoms with Crippen molar-refractivity contribution in [1.29, 1.82) is 0 Å². The number of hydrogen-bond donors (Lipinski definition) is 4. The quantitative estimate of drug-likeness (QED) is 0.558. The van der Waals surface area contributed by atoms with Crippen molar-refractivity contribution in [3.05, 3.63) is 62.8 Å². The zero-order chi connectivity index (χ0) is 19.0. The molecular weight excluding hydrogens is 356 g/mol. The molecule has 132 valence electrons. The van der Waals surface area contributed by atoms with Gasteiger partial charge < -0.3 is 20.9 Å². The summed E-state index contributed by atoms with van der Waals surface area (Å²) >= 11 is 1.55. The van der Waals surface area contributed by atoms with Crippen LogP contribution in [0.3, 0.4) is 0 Å². The van der Waals surface area contributed by atoms with E-state index >= 15 is 0 Å². The van der Waals surface area contributed by atoms with Crippen molar-refractivity contribution in [3.63, 3.8) is 0 Å². The number of carbonyl (C=O) groups is 2. The number of aromatic nitrogens is 1. The molecule has 2 aromatic heterocycles. The molecule has 2 heterocycles. The highest BCUT2D eigenvalue weighted by Crippen LogP contribution is 2.34. The van der Waals surface area contributed by atoms with Crippen LogP contribution < -0.4 is 11.3 Å². The van der Waals surface area contributed by atoms with Gasteiger partial charge in [-0.15, -0.1) is 11.3 Å². The first-order valence-electron chi connectivity index (χ1n) is 7.49. The Morgan fingerprint density at radius 2 is 1.69 bits per heavy atom. The van der Waals surface area contributed by atoms with Crippen molar-refractivity contribution in [2.24, 2.45) is 0 Å². The number of carboxylic acids is 2. The second-order valence-corrected chi connectivity index (χ2v) is 6.88. The lowest BCUT2D eigenvalue weighted by atomic mass is 9.94. The topological polar surface area (TPSA) is 133 Å². The number of hydrogen-bond acceptors (Lipinski definition) is 5. The van der Waals surface area contributed by atoms with Gasteiger partial charge in [0.25, 0.3) is 5.56 Å². The lowest BCUT2D eigenvalue weighted by Crippen LogP contribution is -2.24. The fourth-order valence-electron chi connectivity index (χ4n) is 2.75. The van der Waals surface area contributed by atoms with Crippen molar-refractivity contribution < 1.29 is 19.8 Å². The fourth-order valence-corrected chi connectivity index (χ4v) is 3.62. The van der Waals surface area contributed by atoms with Crippen LogP contribution in [0.2, 0.25) is 0 Å². The third-order valence-electron chi connectivity index (χ3n) is 3.85. The first-order chi connectivity index (χ1) is 12.3. The molecule has 26 heavy (non-hydrogen) atoms. The molecule has 0 amide bonds. The molecule has 1 aromatic carbocycles. The Hall–Kier alpha value is -3.39. The summed E-state index contributed by atoms with van der Waals surface area (Å²) in [6.45, 7) is 1.96. The summed E-state index contributed by atoms with van der Waals surface area (Å²) in [6, 6.07) is 10.6. The van der Waals surface area contributed by atoms with Gasteiger partial charge in [-0.1, -0.05) is 18.2 Å². The van der Waals surface area contributed by atoms with Gasteiger partial charge in [0.2, 0.25) is 0 Å². The lowest BCUT2D eigenvalue weighted by molar-refractivity contribution is 0.0695. The number of H-pyrrole nitrogens is 1. The average molecular weight is 370 g/mol. The molecule has 3 rings (SSSR count). The highest BCUT2D eigenvalue weighted by molar-refractivity contribution is 7.15. The van der Waals surface area contributed by atoms with Crippen LogP contribution >= 0.6 is 11.3 Å². The molecule has 0 aliphatic heterocycles. The molecule has 0 saturated carbocycles. The first kappa shape index (κ1) is 17.4. The number of benzene rings is 1. The van der Waals surface area contributed by atoms with Crippen LogP contribution in [-0.2, 0) is 0 Å². The summed E-state index contributed by atoms with van der Waals surface area (Å²) in [5, 5.41) is 18.9. The molecule has 0 fully saturated rings. The highest BCUT2D eigenvalue weighted by Gasteiger charge is 2.26. The van der Waals surface area contributed by atoms with Crippen molar-refractivity contribution in [2.75, 3.05) is 5.73 Å². The molecule has 3 aromatic rings. The second kappa shape index (κ2) is 6.49. The van der Waals surface area contributed by atoms with E-state index in [9.17, 15) is 24.6 Å². The van der Waals surface area contributed by atoms with Gasteiger partial charge in [0, 0.05) is 15.3 Å². The molecule has 0 radical (unpaired) electrons. The number of aryl methyl sites for hydroxylation is 1. The molecule has 5 N–H and O–H groups in total. The summed E-state index contributed by atoms with van der Waals surface area (Å²) in [7, 11) is 0. The van der Waals surface area contributed by atoms with E-state index in [0.717, 1.165) is 15.3 Å². The largest absolute Gasteiger partial charge is 0.478 e. The maximum atomic E-state index is 12.1. The van der Waals surface area contributed by atoms with E-state index in [0.29, 0.717) is 5.56 Å². The van der Waals surface area contributed by atoms with E-state index in [2.05, 4.69) is 4.98 Å². The van der Waals surface area contributed by atoms with Gasteiger partial charge in [-0.3, -0.25) is 4.79 Å². The number of nitrogens with one attached hydrogen (secondary N) is 1. The Morgan fingerprint density at radius 3 is 2.27 bits per heavy atom. The zero-order valence-corrected chi connectivity index (χ0v) is 14.4. The van der Waals surface area contributed by atoms with E-state index in [1.165, 1.54) is 0 Å². The minimum Gasteiger partial charge on any atom is -0.478 e. The Morgan fingerprint density at radius 1 is 1.04 bits per heavy atom. The summed E-state index contributed by atoms with van der Waals surface area (Å²) in [5.74, 6) is -3.34. The summed E-state index contributed by atoms with van der Waals surface area (Å²) in [5.41, 5.74) is 4.47. The third-order valence-corrected chi connectivity index (χ3v) is 4.90. The fraction of sp³-hybridized carbons (Fsp3) is 0.0556. The Labute approximate surface area is 151 Å². The SMILES string of the molecule is Cc1ccc(-c2cccc(-c3c(C(=O)O)c(N)[nH]c(=O)c3C(=O)O)c2)s1. The highest BCUT2D eigenvalue weighted by atomic mass is 32.1. The number of thiophene rings is 1. The number of aromatic amines is 1. The number of nitrogen functional groups attached to an aromatic ring is 1. The number of aromatic carboxylic acids is 2. The van der Waals surface area contributed by atoms with E-state index < -0.39 is 28.6 Å². The van der Waals surface area contributed by atoms with Crippen molar-refractivity contribution in [1.82, 2.24) is 4.98 Å². The Balaban J connectivity index is 2.35. The van der Waals surface area contributed by atoms with E-state index in [1.807, 2.05) is 25.1 Å². The minimum atomic E-state index is -1.53. The van der Waals surface area contributed by atoms with Gasteiger partial charge >= 0.3 is 11.9 Å². The molecule has 0 saturated heterocycles. The minimum absolute atomic E-state index is 0.207. The Bertz CT molecular complexity index is 1100. The predicted octanol–water partition coefficient (Wildman–Crippen LogP) is 3.06. The van der Waals surface area contributed by atoms with E-state index in [4.69, 9.17) is 5.73 Å². The van der Waals surface area contributed by atoms with Gasteiger partial charge in [-0.05, 0) is 36.2 Å². The van der Waals surface area contributed by atoms with Crippen molar-refractivity contribution in [3.8, 4) is 21.6 Å². The molecule has 0 aliphatic carbocycles. The van der Waals surface area contributed by atoms with Gasteiger partial charge in [-0.25, -0.2) is 9.59 Å². The standard InChI is InChI=1S/C18H14N2O5S/c1-8-5-6-11(26-8)9-3-2-4-10(7-9)12-13(17(22)23)15(19)20-16(21)14(12)18(24)25/h2-7H,1H3,(H,22,23)(H,24,25)(H3,19,20,21). The van der Waals surface area contributed by atoms with Gasteiger partial charge in [-0.2, -0.15) is 0 Å². The van der Waals surface area contributed by atoms with Crippen molar-refractivity contribution >= 4 is 29.1 Å². The summed E-state index contributed by atoms with van der Waals surface area (Å²) < 4.78 is 0. The smallest absolute Gasteiger partial charge is 0.342 e. The van der Waals surface area contributed by atoms with Gasteiger partial charge in [0.15, 0.2) is 0 Å². The normalized spacial score (nSPS) is 10.7. The molecule has 0 unspecified atom stereocenters. The van der Waals surface area contributed by atoms with Crippen LogP contribution in [0.5, 0.6) is 0 Å². The van der Waals surface area contributed by atoms with Crippen LogP contribution in [-0.4, -0.2) is 27.1 Å². The lowest BCUT2D eigenvalue weighted by Gasteiger charge is -2.13. The molecule has 0 atom stereocenters. The number of nitrogens with two attached hydrogens (primary N) is 1. The summed E-state index contributed by atoms with van der Waals surface area (Å²) in [6.07, 6.45) is 0. The second-order valence-electron chi connectivity index (χ2n) is 5.59. The molecule has 0 aliphatic rings. The molecule has 8 heteroatoms. The molecule has 0 spiro atoms. The monoisotopic (exact) mass is 370 g/mol. The van der Waals surface area contributed by atoms with Gasteiger partial charge in [0.1, 0.15) is 16.9 Å². The van der Waals surface area contributed by atoms with Crippen molar-refractivity contribution in [2.45, 2.75) is 6.92 Å². The number of carboxylic acid groups (broad SMARTS) is 2. The summed E-state index contributed by atoms with van der Waals surface area (Å²) in [4.78, 5) is 39.5. The third kappa shape index (κ3) is 2.98. The number of anilines is 1. The van der Waals surface area contributed by atoms with Crippen LogP contribution in [0, 0.1) is 6.92 Å². The van der Waals surface area contributed by atoms with Crippen LogP contribution in [0.25, 0.3) is 21.6 Å². The van der Waals surface area contributed by atoms with Gasteiger partial charge in [0.05, 0.1) is 0 Å². The van der Waals surface area contributed by atoms with Crippen LogP contribution in [0.4, 0.5) is 5.82 Å². The zero-order valence-electron chi connectivity index (χ0n) is 13.6.